The Morgan fingerprint density at radius 3 is 2.36 bits per heavy atom. The summed E-state index contributed by atoms with van der Waals surface area (Å²) in [7, 11) is 0. The Balaban J connectivity index is 3.11. The third-order valence-electron chi connectivity index (χ3n) is 3.34. The second-order valence-corrected chi connectivity index (χ2v) is 4.86. The zero-order valence-electron chi connectivity index (χ0n) is 12.6. The molecule has 0 aliphatic rings. The fourth-order valence-electron chi connectivity index (χ4n) is 2.18. The van der Waals surface area contributed by atoms with Gasteiger partial charge in [-0.3, -0.25) is 4.79 Å². The average Bonchev–Trinajstić information content (AvgIpc) is 2.44. The minimum absolute atomic E-state index is 0.132. The van der Waals surface area contributed by atoms with E-state index in [1.165, 1.54) is 12.1 Å². The molecule has 22 heavy (non-hydrogen) atoms. The Kier molecular flexibility index (Phi) is 6.40. The number of alkyl halides is 3. The van der Waals surface area contributed by atoms with Gasteiger partial charge in [0.15, 0.2) is 0 Å². The lowest BCUT2D eigenvalue weighted by molar-refractivity contribution is -0.138. The normalized spacial score (nSPS) is 11.7. The summed E-state index contributed by atoms with van der Waals surface area (Å²) in [5.41, 5.74) is 1.31. The summed E-state index contributed by atoms with van der Waals surface area (Å²) in [6, 6.07) is 4.95. The van der Waals surface area contributed by atoms with Crippen molar-refractivity contribution in [2.45, 2.75) is 39.3 Å². The van der Waals surface area contributed by atoms with Gasteiger partial charge in [-0.2, -0.15) is 13.2 Å². The lowest BCUT2D eigenvalue weighted by Gasteiger charge is -2.08. The first-order valence-electron chi connectivity index (χ1n) is 7.06. The molecular weight excluding hydrogens is 293 g/mol. The average molecular weight is 312 g/mol. The standard InChI is InChI=1S/C17H19F3O2/c1-3-13(4-2)14(11-16(21)22)9-8-12-6-5-7-15(10-12)17(18,19)20/h5-10H,3-4,11H2,1-2H3,(H,21,22)/b9-8+. The van der Waals surface area contributed by atoms with E-state index in [2.05, 4.69) is 0 Å². The summed E-state index contributed by atoms with van der Waals surface area (Å²) in [5.74, 6) is -0.955. The van der Waals surface area contributed by atoms with Crippen LogP contribution in [0.25, 0.3) is 6.08 Å². The number of hydrogen-bond acceptors (Lipinski definition) is 1. The molecule has 5 heteroatoms. The number of carboxylic acids is 1. The third kappa shape index (κ3) is 5.39. The van der Waals surface area contributed by atoms with Gasteiger partial charge in [-0.25, -0.2) is 0 Å². The van der Waals surface area contributed by atoms with Crippen LogP contribution >= 0.6 is 0 Å². The van der Waals surface area contributed by atoms with Gasteiger partial charge in [0.25, 0.3) is 0 Å². The monoisotopic (exact) mass is 312 g/mol. The smallest absolute Gasteiger partial charge is 0.416 e. The highest BCUT2D eigenvalue weighted by molar-refractivity contribution is 5.72. The number of aliphatic carboxylic acids is 1. The molecule has 0 heterocycles. The van der Waals surface area contributed by atoms with Crippen LogP contribution in [-0.2, 0) is 11.0 Å². The molecule has 0 radical (unpaired) electrons. The number of rotatable bonds is 6. The van der Waals surface area contributed by atoms with Crippen molar-refractivity contribution in [3.05, 3.63) is 52.6 Å². The molecule has 0 saturated carbocycles. The van der Waals surface area contributed by atoms with E-state index in [4.69, 9.17) is 5.11 Å². The molecule has 0 amide bonds. The van der Waals surface area contributed by atoms with Crippen LogP contribution in [0.2, 0.25) is 0 Å². The van der Waals surface area contributed by atoms with E-state index in [9.17, 15) is 18.0 Å². The quantitative estimate of drug-likeness (QED) is 0.723. The zero-order valence-corrected chi connectivity index (χ0v) is 12.6. The molecule has 1 N–H and O–H groups in total. The summed E-state index contributed by atoms with van der Waals surface area (Å²) < 4.78 is 38.0. The first kappa shape index (κ1) is 18.0. The molecule has 1 aromatic rings. The van der Waals surface area contributed by atoms with Crippen molar-refractivity contribution in [2.24, 2.45) is 0 Å². The molecule has 1 rings (SSSR count). The van der Waals surface area contributed by atoms with Gasteiger partial charge in [-0.05, 0) is 36.1 Å². The Morgan fingerprint density at radius 2 is 1.86 bits per heavy atom. The highest BCUT2D eigenvalue weighted by atomic mass is 19.4. The number of benzene rings is 1. The molecule has 0 atom stereocenters. The Labute approximate surface area is 128 Å². The van der Waals surface area contributed by atoms with Gasteiger partial charge < -0.3 is 5.11 Å². The van der Waals surface area contributed by atoms with Crippen molar-refractivity contribution in [3.8, 4) is 0 Å². The summed E-state index contributed by atoms with van der Waals surface area (Å²) in [6.45, 7) is 3.86. The predicted octanol–water partition coefficient (Wildman–Crippen LogP) is 5.31. The summed E-state index contributed by atoms with van der Waals surface area (Å²) >= 11 is 0. The van der Waals surface area contributed by atoms with Gasteiger partial charge in [0.1, 0.15) is 0 Å². The number of hydrogen-bond donors (Lipinski definition) is 1. The van der Waals surface area contributed by atoms with Crippen LogP contribution in [0.4, 0.5) is 13.2 Å². The molecule has 120 valence electrons. The molecular formula is C17H19F3O2. The maximum absolute atomic E-state index is 12.7. The largest absolute Gasteiger partial charge is 0.481 e. The van der Waals surface area contributed by atoms with Crippen LogP contribution in [0.3, 0.4) is 0 Å². The van der Waals surface area contributed by atoms with Gasteiger partial charge in [-0.15, -0.1) is 0 Å². The molecule has 0 aromatic heterocycles. The van der Waals surface area contributed by atoms with Crippen molar-refractivity contribution in [1.29, 1.82) is 0 Å². The number of carboxylic acid groups (broad SMARTS) is 1. The molecule has 0 unspecified atom stereocenters. The molecule has 0 aliphatic heterocycles. The third-order valence-corrected chi connectivity index (χ3v) is 3.34. The van der Waals surface area contributed by atoms with Crippen LogP contribution in [0, 0.1) is 0 Å². The fraction of sp³-hybridized carbons (Fsp3) is 0.353. The molecule has 0 aliphatic carbocycles. The van der Waals surface area contributed by atoms with Crippen molar-refractivity contribution in [1.82, 2.24) is 0 Å². The van der Waals surface area contributed by atoms with Gasteiger partial charge in [0, 0.05) is 0 Å². The number of carbonyl (C=O) groups is 1. The molecule has 2 nitrogen and oxygen atoms in total. The second-order valence-electron chi connectivity index (χ2n) is 4.86. The van der Waals surface area contributed by atoms with Crippen molar-refractivity contribution >= 4 is 12.0 Å². The molecule has 0 fully saturated rings. The fourth-order valence-corrected chi connectivity index (χ4v) is 2.18. The van der Waals surface area contributed by atoms with Crippen LogP contribution in [0.15, 0.2) is 41.5 Å². The molecule has 1 aromatic carbocycles. The molecule has 0 saturated heterocycles. The van der Waals surface area contributed by atoms with Crippen molar-refractivity contribution < 1.29 is 23.1 Å². The van der Waals surface area contributed by atoms with Crippen molar-refractivity contribution in [3.63, 3.8) is 0 Å². The zero-order chi connectivity index (χ0) is 16.8. The summed E-state index contributed by atoms with van der Waals surface area (Å²) in [4.78, 5) is 10.9. The highest BCUT2D eigenvalue weighted by Gasteiger charge is 2.30. The maximum atomic E-state index is 12.7. The van der Waals surface area contributed by atoms with Gasteiger partial charge in [-0.1, -0.05) is 43.7 Å². The topological polar surface area (TPSA) is 37.3 Å². The number of halogens is 3. The van der Waals surface area contributed by atoms with E-state index in [1.54, 1.807) is 12.1 Å². The molecule has 0 bridgehead atoms. The summed E-state index contributed by atoms with van der Waals surface area (Å²) in [5, 5.41) is 8.95. The van der Waals surface area contributed by atoms with E-state index in [-0.39, 0.29) is 6.42 Å². The maximum Gasteiger partial charge on any atom is 0.416 e. The minimum Gasteiger partial charge on any atom is -0.481 e. The van der Waals surface area contributed by atoms with Crippen molar-refractivity contribution in [2.75, 3.05) is 0 Å². The SMILES string of the molecule is CCC(CC)=C(/C=C/c1cccc(C(F)(F)F)c1)CC(=O)O. The van der Waals surface area contributed by atoms with E-state index >= 15 is 0 Å². The lowest BCUT2D eigenvalue weighted by atomic mass is 9.99. The molecule has 0 spiro atoms. The lowest BCUT2D eigenvalue weighted by Crippen LogP contribution is -2.04. The second kappa shape index (κ2) is 7.82. The first-order chi connectivity index (χ1) is 10.3. The van der Waals surface area contributed by atoms with E-state index in [1.807, 2.05) is 13.8 Å². The Morgan fingerprint density at radius 1 is 1.23 bits per heavy atom. The van der Waals surface area contributed by atoms with E-state index < -0.39 is 17.7 Å². The van der Waals surface area contributed by atoms with Crippen LogP contribution in [-0.4, -0.2) is 11.1 Å². The van der Waals surface area contributed by atoms with Crippen LogP contribution < -0.4 is 0 Å². The Bertz CT molecular complexity index is 578. The van der Waals surface area contributed by atoms with Gasteiger partial charge in [0.05, 0.1) is 12.0 Å². The highest BCUT2D eigenvalue weighted by Crippen LogP contribution is 2.30. The van der Waals surface area contributed by atoms with Crippen LogP contribution in [0.1, 0.15) is 44.2 Å². The van der Waals surface area contributed by atoms with Crippen LogP contribution in [0.5, 0.6) is 0 Å². The minimum atomic E-state index is -4.39. The predicted molar refractivity (Wildman–Crippen MR) is 80.3 cm³/mol. The Hall–Kier alpha value is -2.04. The van der Waals surface area contributed by atoms with Gasteiger partial charge in [0.2, 0.25) is 0 Å². The first-order valence-corrected chi connectivity index (χ1v) is 7.06. The van der Waals surface area contributed by atoms with Gasteiger partial charge >= 0.3 is 12.1 Å². The van der Waals surface area contributed by atoms with E-state index in [0.717, 1.165) is 17.7 Å². The van der Waals surface area contributed by atoms with E-state index in [0.29, 0.717) is 24.0 Å². The summed E-state index contributed by atoms with van der Waals surface area (Å²) in [6.07, 6.45) is 0.0386. The number of allylic oxidation sites excluding steroid dienone is 2.